The van der Waals surface area contributed by atoms with E-state index in [1.165, 1.54) is 19.0 Å². The summed E-state index contributed by atoms with van der Waals surface area (Å²) in [5, 5.41) is 0. The van der Waals surface area contributed by atoms with Crippen molar-refractivity contribution in [1.29, 1.82) is 0 Å². The number of primary amides is 1. The number of halogens is 2. The molecule has 1 aromatic heterocycles. The number of alkyl halides is 2. The summed E-state index contributed by atoms with van der Waals surface area (Å²) in [6.45, 7) is -0.386. The van der Waals surface area contributed by atoms with Gasteiger partial charge in [0, 0.05) is 6.20 Å². The number of aromatic nitrogens is 2. The molecule has 2 fully saturated rings. The monoisotopic (exact) mass is 370 g/mol. The summed E-state index contributed by atoms with van der Waals surface area (Å²) >= 11 is 0. The van der Waals surface area contributed by atoms with Crippen molar-refractivity contribution in [2.24, 2.45) is 11.1 Å². The quantitative estimate of drug-likeness (QED) is 0.826. The van der Waals surface area contributed by atoms with Gasteiger partial charge in [0.1, 0.15) is 0 Å². The summed E-state index contributed by atoms with van der Waals surface area (Å²) in [7, 11) is 0. The van der Waals surface area contributed by atoms with E-state index in [9.17, 15) is 13.6 Å². The zero-order chi connectivity index (χ0) is 19.2. The van der Waals surface area contributed by atoms with E-state index >= 15 is 0 Å². The Hall–Kier alpha value is -1.83. The normalized spacial score (nSPS) is 19.4. The molecule has 0 saturated heterocycles. The van der Waals surface area contributed by atoms with Gasteiger partial charge in [-0.25, -0.2) is 9.97 Å². The molecule has 0 radical (unpaired) electrons. The molecule has 26 heavy (non-hydrogen) atoms. The third-order valence-electron chi connectivity index (χ3n) is 5.15. The van der Waals surface area contributed by atoms with E-state index in [2.05, 4.69) is 21.6 Å². The predicted molar refractivity (Wildman–Crippen MR) is 94.6 cm³/mol. The minimum absolute atomic E-state index is 0.172. The maximum Gasteiger partial charge on any atom is 0.345 e. The number of anilines is 1. The maximum atomic E-state index is 11.6. The van der Waals surface area contributed by atoms with Crippen LogP contribution in [0.5, 0.6) is 0 Å². The third-order valence-corrected chi connectivity index (χ3v) is 5.15. The van der Waals surface area contributed by atoms with E-state index in [4.69, 9.17) is 11.5 Å². The highest BCUT2D eigenvalue weighted by molar-refractivity contribution is 5.93. The van der Waals surface area contributed by atoms with Gasteiger partial charge in [0.2, 0.25) is 5.95 Å². The van der Waals surface area contributed by atoms with Crippen molar-refractivity contribution in [3.63, 3.8) is 0 Å². The van der Waals surface area contributed by atoms with Gasteiger partial charge in [0.15, 0.2) is 0 Å². The molecule has 0 atom stereocenters. The van der Waals surface area contributed by atoms with Crippen LogP contribution in [-0.2, 0) is 11.2 Å². The van der Waals surface area contributed by atoms with Crippen LogP contribution in [0.3, 0.4) is 0 Å². The Morgan fingerprint density at radius 1 is 1.31 bits per heavy atom. The van der Waals surface area contributed by atoms with Crippen molar-refractivity contribution in [3.8, 4) is 0 Å². The fourth-order valence-corrected chi connectivity index (χ4v) is 3.48. The number of amides is 1. The highest BCUT2D eigenvalue weighted by atomic mass is 19.3. The van der Waals surface area contributed by atoms with Crippen LogP contribution in [0.15, 0.2) is 6.20 Å². The summed E-state index contributed by atoms with van der Waals surface area (Å²) in [5.74, 6) is -0.291. The first-order valence-corrected chi connectivity index (χ1v) is 9.14. The van der Waals surface area contributed by atoms with E-state index < -0.39 is 12.5 Å². The summed E-state index contributed by atoms with van der Waals surface area (Å²) in [4.78, 5) is 19.2. The lowest BCUT2D eigenvalue weighted by atomic mass is 9.67. The van der Waals surface area contributed by atoms with E-state index in [0.717, 1.165) is 44.9 Å². The van der Waals surface area contributed by atoms with Gasteiger partial charge in [-0.05, 0) is 37.5 Å². The number of rotatable bonds is 5. The van der Waals surface area contributed by atoms with Crippen molar-refractivity contribution in [3.05, 3.63) is 17.5 Å². The summed E-state index contributed by atoms with van der Waals surface area (Å²) in [6.07, 6.45) is 10.4. The van der Waals surface area contributed by atoms with Crippen LogP contribution < -0.4 is 11.5 Å². The Balaban J connectivity index is 0.000000209. The number of carbonyl (C=O) groups is 1. The Morgan fingerprint density at radius 2 is 1.96 bits per heavy atom. The molecule has 0 aromatic carbocycles. The smallest absolute Gasteiger partial charge is 0.345 e. The molecular weight excluding hydrogens is 342 g/mol. The standard InChI is InChI=1S/C11H16N4O.C7H12F2O/c1-11(3-2-4-11)5-8-7(9(12)16)6-14-10(13)15-8;8-7(9)10-6-4-2-1-3-5-6/h6H,2-5H2,1H3,(H2,12,16)(H2,13,14,15);6-7H,1-5H2. The van der Waals surface area contributed by atoms with Crippen molar-refractivity contribution in [2.45, 2.75) is 77.4 Å². The molecule has 0 aliphatic heterocycles. The second-order valence-corrected chi connectivity index (χ2v) is 7.45. The first-order valence-electron chi connectivity index (χ1n) is 9.14. The molecule has 146 valence electrons. The lowest BCUT2D eigenvalue weighted by Gasteiger charge is -2.38. The Kier molecular flexibility index (Phi) is 7.25. The Labute approximate surface area is 152 Å². The van der Waals surface area contributed by atoms with Crippen LogP contribution in [0, 0.1) is 5.41 Å². The summed E-state index contributed by atoms with van der Waals surface area (Å²) in [6, 6.07) is 0. The Bertz CT molecular complexity index is 603. The average molecular weight is 370 g/mol. The van der Waals surface area contributed by atoms with Crippen LogP contribution in [0.1, 0.15) is 74.3 Å². The SMILES string of the molecule is CC1(Cc2nc(N)ncc2C(N)=O)CCC1.FC(F)OC1CCCCC1. The highest BCUT2D eigenvalue weighted by Crippen LogP contribution is 2.43. The molecule has 0 spiro atoms. The number of hydrogen-bond acceptors (Lipinski definition) is 5. The van der Waals surface area contributed by atoms with Gasteiger partial charge in [-0.2, -0.15) is 8.78 Å². The van der Waals surface area contributed by atoms with Crippen molar-refractivity contribution in [1.82, 2.24) is 9.97 Å². The second-order valence-electron chi connectivity index (χ2n) is 7.45. The molecule has 2 aliphatic rings. The van der Waals surface area contributed by atoms with Gasteiger partial charge in [0.05, 0.1) is 17.4 Å². The molecule has 0 unspecified atom stereocenters. The molecule has 2 aliphatic carbocycles. The lowest BCUT2D eigenvalue weighted by Crippen LogP contribution is -2.30. The average Bonchev–Trinajstić information content (AvgIpc) is 2.54. The van der Waals surface area contributed by atoms with Gasteiger partial charge in [-0.1, -0.05) is 32.6 Å². The van der Waals surface area contributed by atoms with Gasteiger partial charge in [0.25, 0.3) is 5.91 Å². The minimum Gasteiger partial charge on any atom is -0.368 e. The van der Waals surface area contributed by atoms with E-state index in [1.807, 2.05) is 0 Å². The molecule has 4 N–H and O–H groups in total. The fourth-order valence-electron chi connectivity index (χ4n) is 3.48. The van der Waals surface area contributed by atoms with E-state index in [0.29, 0.717) is 11.3 Å². The first kappa shape index (κ1) is 20.5. The topological polar surface area (TPSA) is 104 Å². The largest absolute Gasteiger partial charge is 0.368 e. The molecule has 3 rings (SSSR count). The molecule has 1 aromatic rings. The predicted octanol–water partition coefficient (Wildman–Crippen LogP) is 3.45. The van der Waals surface area contributed by atoms with Crippen LogP contribution in [0.4, 0.5) is 14.7 Å². The van der Waals surface area contributed by atoms with Crippen molar-refractivity contribution >= 4 is 11.9 Å². The third kappa shape index (κ3) is 6.16. The molecule has 6 nitrogen and oxygen atoms in total. The molecule has 8 heteroatoms. The number of carbonyl (C=O) groups excluding carboxylic acids is 1. The van der Waals surface area contributed by atoms with Crippen molar-refractivity contribution in [2.75, 3.05) is 5.73 Å². The lowest BCUT2D eigenvalue weighted by molar-refractivity contribution is -0.169. The van der Waals surface area contributed by atoms with Crippen LogP contribution >= 0.6 is 0 Å². The maximum absolute atomic E-state index is 11.6. The first-order chi connectivity index (χ1) is 12.3. The molecule has 2 saturated carbocycles. The molecule has 0 bridgehead atoms. The second kappa shape index (κ2) is 9.21. The summed E-state index contributed by atoms with van der Waals surface area (Å²) < 4.78 is 27.6. The minimum atomic E-state index is -2.58. The number of nitrogen functional groups attached to an aromatic ring is 1. The van der Waals surface area contributed by atoms with Crippen LogP contribution in [0.2, 0.25) is 0 Å². The van der Waals surface area contributed by atoms with Gasteiger partial charge in [-0.15, -0.1) is 0 Å². The molecular formula is C18H28F2N4O2. The number of hydrogen-bond donors (Lipinski definition) is 2. The number of nitrogens with two attached hydrogens (primary N) is 2. The number of ether oxygens (including phenoxy) is 1. The zero-order valence-corrected chi connectivity index (χ0v) is 15.2. The van der Waals surface area contributed by atoms with Crippen LogP contribution in [-0.4, -0.2) is 28.6 Å². The molecule has 1 amide bonds. The fraction of sp³-hybridized carbons (Fsp3) is 0.722. The van der Waals surface area contributed by atoms with Gasteiger partial charge >= 0.3 is 6.61 Å². The van der Waals surface area contributed by atoms with Crippen LogP contribution in [0.25, 0.3) is 0 Å². The van der Waals surface area contributed by atoms with E-state index in [1.54, 1.807) is 0 Å². The van der Waals surface area contributed by atoms with Gasteiger partial charge in [-0.3, -0.25) is 4.79 Å². The molecule has 1 heterocycles. The zero-order valence-electron chi connectivity index (χ0n) is 15.2. The van der Waals surface area contributed by atoms with Crippen molar-refractivity contribution < 1.29 is 18.3 Å². The van der Waals surface area contributed by atoms with E-state index in [-0.39, 0.29) is 17.5 Å². The Morgan fingerprint density at radius 3 is 2.46 bits per heavy atom. The number of nitrogens with zero attached hydrogens (tertiary/aromatic N) is 2. The summed E-state index contributed by atoms with van der Waals surface area (Å²) in [5.41, 5.74) is 12.1. The van der Waals surface area contributed by atoms with Gasteiger partial charge < -0.3 is 16.2 Å². The highest BCUT2D eigenvalue weighted by Gasteiger charge is 2.33.